The van der Waals surface area contributed by atoms with Crippen LogP contribution < -0.4 is 10.6 Å². The quantitative estimate of drug-likeness (QED) is 0.661. The lowest BCUT2D eigenvalue weighted by Crippen LogP contribution is -2.47. The molecule has 0 saturated carbocycles. The second-order valence-corrected chi connectivity index (χ2v) is 5.15. The maximum Gasteiger partial charge on any atom is 0.310 e. The van der Waals surface area contributed by atoms with Crippen molar-refractivity contribution in [2.24, 2.45) is 11.7 Å². The molecule has 2 atom stereocenters. The van der Waals surface area contributed by atoms with Crippen LogP contribution in [-0.4, -0.2) is 24.1 Å². The van der Waals surface area contributed by atoms with Crippen LogP contribution in [0.4, 0.5) is 11.4 Å². The second kappa shape index (κ2) is 5.12. The van der Waals surface area contributed by atoms with Gasteiger partial charge >= 0.3 is 5.69 Å². The largest absolute Gasteiger partial charge is 0.364 e. The first-order valence-corrected chi connectivity index (χ1v) is 6.32. The molecule has 98 valence electrons. The SMILES string of the molecule is CC1CCN(c2cccc(Cl)c2[N+](=O)[O-])CC1N. The summed E-state index contributed by atoms with van der Waals surface area (Å²) in [5, 5.41) is 11.3. The van der Waals surface area contributed by atoms with E-state index in [4.69, 9.17) is 17.3 Å². The molecule has 0 radical (unpaired) electrons. The van der Waals surface area contributed by atoms with Crippen LogP contribution in [0.2, 0.25) is 5.02 Å². The smallest absolute Gasteiger partial charge is 0.310 e. The lowest BCUT2D eigenvalue weighted by Gasteiger charge is -2.36. The Hall–Kier alpha value is -1.33. The van der Waals surface area contributed by atoms with Crippen molar-refractivity contribution in [1.29, 1.82) is 0 Å². The Morgan fingerprint density at radius 3 is 2.89 bits per heavy atom. The molecule has 2 unspecified atom stereocenters. The molecule has 1 aromatic carbocycles. The number of anilines is 1. The molecule has 1 fully saturated rings. The fourth-order valence-corrected chi connectivity index (χ4v) is 2.50. The number of rotatable bonds is 2. The number of nitrogens with two attached hydrogens (primary N) is 1. The van der Waals surface area contributed by atoms with E-state index in [1.54, 1.807) is 12.1 Å². The number of hydrogen-bond donors (Lipinski definition) is 1. The van der Waals surface area contributed by atoms with Gasteiger partial charge in [-0.25, -0.2) is 0 Å². The van der Waals surface area contributed by atoms with E-state index in [9.17, 15) is 10.1 Å². The van der Waals surface area contributed by atoms with Crippen LogP contribution in [0.5, 0.6) is 0 Å². The number of halogens is 1. The minimum atomic E-state index is -0.429. The van der Waals surface area contributed by atoms with Gasteiger partial charge in [-0.1, -0.05) is 24.6 Å². The van der Waals surface area contributed by atoms with E-state index in [-0.39, 0.29) is 16.8 Å². The molecule has 1 saturated heterocycles. The average molecular weight is 270 g/mol. The maximum atomic E-state index is 11.1. The molecule has 6 heteroatoms. The molecule has 0 amide bonds. The van der Waals surface area contributed by atoms with Crippen molar-refractivity contribution in [2.75, 3.05) is 18.0 Å². The third-order valence-electron chi connectivity index (χ3n) is 3.51. The first-order valence-electron chi connectivity index (χ1n) is 5.94. The minimum Gasteiger partial charge on any atom is -0.364 e. The van der Waals surface area contributed by atoms with Crippen molar-refractivity contribution >= 4 is 23.0 Å². The summed E-state index contributed by atoms with van der Waals surface area (Å²) in [5.41, 5.74) is 6.56. The van der Waals surface area contributed by atoms with Gasteiger partial charge in [-0.15, -0.1) is 0 Å². The first kappa shape index (κ1) is 13.1. The Labute approximate surface area is 111 Å². The van der Waals surface area contributed by atoms with Gasteiger partial charge < -0.3 is 10.6 Å². The van der Waals surface area contributed by atoms with Crippen molar-refractivity contribution in [3.05, 3.63) is 33.3 Å². The molecule has 1 heterocycles. The molecule has 0 aliphatic carbocycles. The molecule has 18 heavy (non-hydrogen) atoms. The Bertz CT molecular complexity index is 467. The topological polar surface area (TPSA) is 72.4 Å². The van der Waals surface area contributed by atoms with Gasteiger partial charge in [0, 0.05) is 19.1 Å². The summed E-state index contributed by atoms with van der Waals surface area (Å²) in [6, 6.07) is 5.04. The molecule has 0 spiro atoms. The normalized spacial score (nSPS) is 24.1. The fraction of sp³-hybridized carbons (Fsp3) is 0.500. The first-order chi connectivity index (χ1) is 8.50. The Morgan fingerprint density at radius 1 is 1.56 bits per heavy atom. The number of nitrogens with zero attached hydrogens (tertiary/aromatic N) is 2. The van der Waals surface area contributed by atoms with Crippen LogP contribution in [0, 0.1) is 16.0 Å². The predicted molar refractivity (Wildman–Crippen MR) is 72.1 cm³/mol. The molecule has 0 aromatic heterocycles. The van der Waals surface area contributed by atoms with E-state index in [2.05, 4.69) is 6.92 Å². The molecular formula is C12H16ClN3O2. The molecule has 2 N–H and O–H groups in total. The van der Waals surface area contributed by atoms with Crippen LogP contribution in [0.25, 0.3) is 0 Å². The molecular weight excluding hydrogens is 254 g/mol. The lowest BCUT2D eigenvalue weighted by atomic mass is 9.94. The number of nitro groups is 1. The highest BCUT2D eigenvalue weighted by atomic mass is 35.5. The van der Waals surface area contributed by atoms with Crippen LogP contribution in [0.3, 0.4) is 0 Å². The standard InChI is InChI=1S/C12H16ClN3O2/c1-8-5-6-15(7-10(8)14)11-4-2-3-9(13)12(11)16(17)18/h2-4,8,10H,5-7,14H2,1H3. The van der Waals surface area contributed by atoms with Crippen LogP contribution in [-0.2, 0) is 0 Å². The number of benzene rings is 1. The van der Waals surface area contributed by atoms with E-state index in [1.807, 2.05) is 4.90 Å². The Morgan fingerprint density at radius 2 is 2.28 bits per heavy atom. The van der Waals surface area contributed by atoms with Gasteiger partial charge in [0.05, 0.1) is 4.92 Å². The summed E-state index contributed by atoms with van der Waals surface area (Å²) in [7, 11) is 0. The van der Waals surface area contributed by atoms with Crippen molar-refractivity contribution in [1.82, 2.24) is 0 Å². The Balaban J connectivity index is 2.34. The van der Waals surface area contributed by atoms with Crippen molar-refractivity contribution < 1.29 is 4.92 Å². The van der Waals surface area contributed by atoms with E-state index in [0.29, 0.717) is 18.2 Å². The summed E-state index contributed by atoms with van der Waals surface area (Å²) in [4.78, 5) is 12.6. The zero-order chi connectivity index (χ0) is 13.3. The van der Waals surface area contributed by atoms with Crippen LogP contribution >= 0.6 is 11.6 Å². The molecule has 2 rings (SSSR count). The van der Waals surface area contributed by atoms with Gasteiger partial charge in [0.1, 0.15) is 10.7 Å². The van der Waals surface area contributed by atoms with Crippen LogP contribution in [0.1, 0.15) is 13.3 Å². The van der Waals surface area contributed by atoms with Gasteiger partial charge in [-0.2, -0.15) is 0 Å². The van der Waals surface area contributed by atoms with Gasteiger partial charge in [-0.3, -0.25) is 10.1 Å². The number of hydrogen-bond acceptors (Lipinski definition) is 4. The summed E-state index contributed by atoms with van der Waals surface area (Å²) in [5.74, 6) is 0.444. The Kier molecular flexibility index (Phi) is 3.73. The highest BCUT2D eigenvalue weighted by Gasteiger charge is 2.28. The second-order valence-electron chi connectivity index (χ2n) is 4.74. The average Bonchev–Trinajstić information content (AvgIpc) is 2.32. The molecule has 5 nitrogen and oxygen atoms in total. The van der Waals surface area contributed by atoms with Crippen LogP contribution in [0.15, 0.2) is 18.2 Å². The third kappa shape index (κ3) is 2.42. The summed E-state index contributed by atoms with van der Waals surface area (Å²) in [6.07, 6.45) is 0.935. The van der Waals surface area contributed by atoms with Crippen molar-refractivity contribution in [2.45, 2.75) is 19.4 Å². The van der Waals surface area contributed by atoms with E-state index in [0.717, 1.165) is 13.0 Å². The van der Waals surface area contributed by atoms with E-state index >= 15 is 0 Å². The molecule has 1 aliphatic rings. The van der Waals surface area contributed by atoms with Gasteiger partial charge in [0.25, 0.3) is 0 Å². The van der Waals surface area contributed by atoms with Gasteiger partial charge in [0.15, 0.2) is 0 Å². The molecule has 1 aliphatic heterocycles. The monoisotopic (exact) mass is 269 g/mol. The summed E-state index contributed by atoms with van der Waals surface area (Å²) < 4.78 is 0. The van der Waals surface area contributed by atoms with E-state index < -0.39 is 4.92 Å². The number of nitro benzene ring substituents is 1. The fourth-order valence-electron chi connectivity index (χ4n) is 2.26. The predicted octanol–water partition coefficient (Wildman–Crippen LogP) is 2.42. The zero-order valence-corrected chi connectivity index (χ0v) is 10.9. The van der Waals surface area contributed by atoms with Gasteiger partial charge in [0.2, 0.25) is 0 Å². The lowest BCUT2D eigenvalue weighted by molar-refractivity contribution is -0.384. The summed E-state index contributed by atoms with van der Waals surface area (Å²) in [6.45, 7) is 3.51. The number of para-hydroxylation sites is 1. The highest BCUT2D eigenvalue weighted by Crippen LogP contribution is 2.36. The van der Waals surface area contributed by atoms with E-state index in [1.165, 1.54) is 6.07 Å². The van der Waals surface area contributed by atoms with Crippen molar-refractivity contribution in [3.63, 3.8) is 0 Å². The number of piperidine rings is 1. The maximum absolute atomic E-state index is 11.1. The minimum absolute atomic E-state index is 0.0269. The third-order valence-corrected chi connectivity index (χ3v) is 3.81. The molecule has 0 bridgehead atoms. The highest BCUT2D eigenvalue weighted by molar-refractivity contribution is 6.33. The molecule has 1 aromatic rings. The summed E-state index contributed by atoms with van der Waals surface area (Å²) >= 11 is 5.91. The van der Waals surface area contributed by atoms with Gasteiger partial charge in [-0.05, 0) is 24.5 Å². The van der Waals surface area contributed by atoms with Crippen molar-refractivity contribution in [3.8, 4) is 0 Å². The zero-order valence-electron chi connectivity index (χ0n) is 10.2.